The molecule has 0 saturated carbocycles. The fourth-order valence-corrected chi connectivity index (χ4v) is 2.09. The Morgan fingerprint density at radius 1 is 1.24 bits per heavy atom. The van der Waals surface area contributed by atoms with Gasteiger partial charge < -0.3 is 14.5 Å². The van der Waals surface area contributed by atoms with Gasteiger partial charge in [-0.25, -0.2) is 4.79 Å². The number of amides is 1. The molecule has 0 aliphatic carbocycles. The normalized spacial score (nSPS) is 11.5. The number of halogens is 3. The molecule has 1 aromatic heterocycles. The Hall–Kier alpha value is -2.55. The molecule has 9 heteroatoms. The maximum atomic E-state index is 12.3. The van der Waals surface area contributed by atoms with E-state index in [1.807, 2.05) is 6.92 Å². The van der Waals surface area contributed by atoms with Crippen LogP contribution < -0.4 is 16.3 Å². The summed E-state index contributed by atoms with van der Waals surface area (Å²) in [5.74, 6) is -0.631. The SMILES string of the molecule is CCCOCCNC(=O)c1cc2ccc(NC(F)(F)F)cc2oc1=O. The van der Waals surface area contributed by atoms with Crippen molar-refractivity contribution in [3.8, 4) is 0 Å². The van der Waals surface area contributed by atoms with Crippen LogP contribution >= 0.6 is 0 Å². The van der Waals surface area contributed by atoms with Gasteiger partial charge in [0.2, 0.25) is 0 Å². The molecule has 1 heterocycles. The minimum Gasteiger partial charge on any atom is -0.422 e. The molecule has 1 amide bonds. The van der Waals surface area contributed by atoms with Gasteiger partial charge in [0.25, 0.3) is 5.91 Å². The minimum atomic E-state index is -4.60. The first-order valence-corrected chi connectivity index (χ1v) is 7.59. The van der Waals surface area contributed by atoms with Crippen molar-refractivity contribution in [2.75, 3.05) is 25.1 Å². The van der Waals surface area contributed by atoms with Crippen molar-refractivity contribution < 1.29 is 27.1 Å². The summed E-state index contributed by atoms with van der Waals surface area (Å²) in [5, 5.41) is 4.17. The third-order valence-corrected chi connectivity index (χ3v) is 3.15. The fraction of sp³-hybridized carbons (Fsp3) is 0.375. The van der Waals surface area contributed by atoms with Crippen LogP contribution in [0.2, 0.25) is 0 Å². The van der Waals surface area contributed by atoms with Gasteiger partial charge in [-0.1, -0.05) is 6.92 Å². The molecule has 2 N–H and O–H groups in total. The van der Waals surface area contributed by atoms with Crippen LogP contribution in [0.3, 0.4) is 0 Å². The van der Waals surface area contributed by atoms with Gasteiger partial charge in [0.05, 0.1) is 6.61 Å². The Balaban J connectivity index is 2.14. The number of carbonyl (C=O) groups is 1. The highest BCUT2D eigenvalue weighted by Gasteiger charge is 2.27. The lowest BCUT2D eigenvalue weighted by molar-refractivity contribution is -0.0999. The summed E-state index contributed by atoms with van der Waals surface area (Å²) in [6, 6.07) is 4.83. The number of anilines is 1. The summed E-state index contributed by atoms with van der Waals surface area (Å²) in [5.41, 5.74) is -1.47. The first kappa shape index (κ1) is 18.8. The second kappa shape index (κ2) is 8.02. The van der Waals surface area contributed by atoms with Crippen LogP contribution in [0.15, 0.2) is 33.5 Å². The molecule has 0 saturated heterocycles. The Morgan fingerprint density at radius 2 is 2.00 bits per heavy atom. The van der Waals surface area contributed by atoms with E-state index in [0.29, 0.717) is 18.6 Å². The number of hydrogen-bond acceptors (Lipinski definition) is 5. The molecule has 136 valence electrons. The maximum absolute atomic E-state index is 12.3. The molecule has 2 aromatic rings. The van der Waals surface area contributed by atoms with E-state index in [4.69, 9.17) is 9.15 Å². The topological polar surface area (TPSA) is 80.6 Å². The Morgan fingerprint density at radius 3 is 2.68 bits per heavy atom. The first-order chi connectivity index (χ1) is 11.8. The summed E-state index contributed by atoms with van der Waals surface area (Å²) in [6.07, 6.45) is -3.75. The highest BCUT2D eigenvalue weighted by atomic mass is 19.4. The van der Waals surface area contributed by atoms with E-state index in [1.165, 1.54) is 23.5 Å². The van der Waals surface area contributed by atoms with Crippen molar-refractivity contribution in [1.82, 2.24) is 5.32 Å². The lowest BCUT2D eigenvalue weighted by Gasteiger charge is -2.10. The van der Waals surface area contributed by atoms with E-state index in [-0.39, 0.29) is 23.4 Å². The van der Waals surface area contributed by atoms with Crippen LogP contribution in [0.25, 0.3) is 11.0 Å². The standard InChI is InChI=1S/C16H17F3N2O4/c1-2-6-24-7-5-20-14(22)12-8-10-3-4-11(21-16(17,18)19)9-13(10)25-15(12)23/h3-4,8-9,21H,2,5-7H2,1H3,(H,20,22). The number of rotatable bonds is 7. The van der Waals surface area contributed by atoms with Crippen molar-refractivity contribution in [2.45, 2.75) is 19.6 Å². The van der Waals surface area contributed by atoms with E-state index in [0.717, 1.165) is 12.5 Å². The molecule has 6 nitrogen and oxygen atoms in total. The summed E-state index contributed by atoms with van der Waals surface area (Å²) in [4.78, 5) is 23.9. The molecule has 0 spiro atoms. The van der Waals surface area contributed by atoms with Crippen molar-refractivity contribution >= 4 is 22.6 Å². The third kappa shape index (κ3) is 5.49. The zero-order valence-corrected chi connectivity index (χ0v) is 13.4. The molecule has 0 unspecified atom stereocenters. The van der Waals surface area contributed by atoms with E-state index in [1.54, 1.807) is 0 Å². The highest BCUT2D eigenvalue weighted by molar-refractivity contribution is 5.96. The van der Waals surface area contributed by atoms with Gasteiger partial charge in [-0.3, -0.25) is 10.1 Å². The highest BCUT2D eigenvalue weighted by Crippen LogP contribution is 2.23. The van der Waals surface area contributed by atoms with Gasteiger partial charge in [-0.05, 0) is 24.6 Å². The summed E-state index contributed by atoms with van der Waals surface area (Å²) >= 11 is 0. The molecular weight excluding hydrogens is 341 g/mol. The van der Waals surface area contributed by atoms with E-state index in [9.17, 15) is 22.8 Å². The van der Waals surface area contributed by atoms with Gasteiger partial charge in [-0.2, -0.15) is 13.2 Å². The molecule has 25 heavy (non-hydrogen) atoms. The zero-order valence-electron chi connectivity index (χ0n) is 13.4. The van der Waals surface area contributed by atoms with Gasteiger partial charge in [-0.15, -0.1) is 0 Å². The Kier molecular flexibility index (Phi) is 6.02. The summed E-state index contributed by atoms with van der Waals surface area (Å²) in [7, 11) is 0. The largest absolute Gasteiger partial charge is 0.482 e. The fourth-order valence-electron chi connectivity index (χ4n) is 2.09. The molecule has 0 bridgehead atoms. The van der Waals surface area contributed by atoms with E-state index in [2.05, 4.69) is 5.32 Å². The predicted molar refractivity (Wildman–Crippen MR) is 85.6 cm³/mol. The second-order valence-corrected chi connectivity index (χ2v) is 5.19. The van der Waals surface area contributed by atoms with Gasteiger partial charge in [0, 0.05) is 30.3 Å². The second-order valence-electron chi connectivity index (χ2n) is 5.19. The molecule has 1 aromatic carbocycles. The third-order valence-electron chi connectivity index (χ3n) is 3.15. The summed E-state index contributed by atoms with van der Waals surface area (Å²) in [6.45, 7) is 3.06. The van der Waals surface area contributed by atoms with E-state index >= 15 is 0 Å². The van der Waals surface area contributed by atoms with Crippen LogP contribution in [0.5, 0.6) is 0 Å². The lowest BCUT2D eigenvalue weighted by atomic mass is 10.1. The smallest absolute Gasteiger partial charge is 0.422 e. The van der Waals surface area contributed by atoms with Crippen LogP contribution in [0.1, 0.15) is 23.7 Å². The van der Waals surface area contributed by atoms with Crippen LogP contribution in [-0.4, -0.2) is 32.0 Å². The average Bonchev–Trinajstić information content (AvgIpc) is 2.52. The quantitative estimate of drug-likeness (QED) is 0.452. The molecule has 0 aliphatic heterocycles. The minimum absolute atomic E-state index is 0.0536. The maximum Gasteiger partial charge on any atom is 0.482 e. The number of carbonyl (C=O) groups excluding carboxylic acids is 1. The van der Waals surface area contributed by atoms with Crippen molar-refractivity contribution in [1.29, 1.82) is 0 Å². The van der Waals surface area contributed by atoms with Crippen LogP contribution in [-0.2, 0) is 4.74 Å². The molecular formula is C16H17F3N2O4. The predicted octanol–water partition coefficient (Wildman–Crippen LogP) is 2.88. The van der Waals surface area contributed by atoms with Crippen molar-refractivity contribution in [2.24, 2.45) is 0 Å². The monoisotopic (exact) mass is 358 g/mol. The number of benzene rings is 1. The summed E-state index contributed by atoms with van der Waals surface area (Å²) < 4.78 is 47.1. The molecule has 0 atom stereocenters. The zero-order chi connectivity index (χ0) is 18.4. The first-order valence-electron chi connectivity index (χ1n) is 7.59. The molecule has 0 aliphatic rings. The Labute approximate surface area is 141 Å². The number of alkyl halides is 3. The van der Waals surface area contributed by atoms with Crippen LogP contribution in [0, 0.1) is 0 Å². The van der Waals surface area contributed by atoms with E-state index < -0.39 is 17.8 Å². The van der Waals surface area contributed by atoms with Crippen molar-refractivity contribution in [3.05, 3.63) is 40.2 Å². The number of ether oxygens (including phenoxy) is 1. The molecule has 0 radical (unpaired) electrons. The number of hydrogen-bond donors (Lipinski definition) is 2. The number of fused-ring (bicyclic) bond motifs is 1. The van der Waals surface area contributed by atoms with Gasteiger partial charge in [0.1, 0.15) is 11.1 Å². The van der Waals surface area contributed by atoms with Crippen LogP contribution in [0.4, 0.5) is 18.9 Å². The number of nitrogens with one attached hydrogen (secondary N) is 2. The van der Waals surface area contributed by atoms with Gasteiger partial charge >= 0.3 is 11.9 Å². The molecule has 0 fully saturated rings. The Bertz CT molecular complexity index is 802. The molecule has 2 rings (SSSR count). The van der Waals surface area contributed by atoms with Crippen molar-refractivity contribution in [3.63, 3.8) is 0 Å². The lowest BCUT2D eigenvalue weighted by Crippen LogP contribution is -2.31. The average molecular weight is 358 g/mol. The van der Waals surface area contributed by atoms with Gasteiger partial charge in [0.15, 0.2) is 0 Å².